The third-order valence-electron chi connectivity index (χ3n) is 4.22. The van der Waals surface area contributed by atoms with Crippen LogP contribution in [-0.2, 0) is 4.74 Å². The maximum atomic E-state index is 12.0. The molecule has 2 atom stereocenters. The summed E-state index contributed by atoms with van der Waals surface area (Å²) in [5, 5.41) is 17.1. The van der Waals surface area contributed by atoms with Crippen LogP contribution in [0.15, 0.2) is 29.3 Å². The minimum Gasteiger partial charge on any atom is -0.444 e. The highest BCUT2D eigenvalue weighted by Crippen LogP contribution is 2.22. The second-order valence-electron chi connectivity index (χ2n) is 7.81. The van der Waals surface area contributed by atoms with E-state index in [1.165, 1.54) is 0 Å². The van der Waals surface area contributed by atoms with Gasteiger partial charge in [-0.25, -0.2) is 4.79 Å². The molecule has 0 aliphatic carbocycles. The van der Waals surface area contributed by atoms with Gasteiger partial charge in [-0.3, -0.25) is 4.99 Å². The standard InChI is InChI=1S/C20H31ClN4O3.HI/c1-5-22-18(23-12-17(26)15-8-6-7-9-16(15)21)25-11-10-14(13-25)24-19(27)28-20(2,3)4;/h6-9,14,17,26H,5,10-13H2,1-4H3,(H,22,23)(H,24,27);1H. The number of halogens is 2. The first kappa shape index (κ1) is 25.8. The number of aliphatic hydroxyl groups excluding tert-OH is 1. The zero-order valence-electron chi connectivity index (χ0n) is 17.4. The van der Waals surface area contributed by atoms with Crippen molar-refractivity contribution in [1.29, 1.82) is 0 Å². The molecule has 1 fully saturated rings. The number of benzene rings is 1. The van der Waals surface area contributed by atoms with Crippen molar-refractivity contribution in [2.24, 2.45) is 4.99 Å². The van der Waals surface area contributed by atoms with Crippen LogP contribution < -0.4 is 10.6 Å². The molecule has 29 heavy (non-hydrogen) atoms. The van der Waals surface area contributed by atoms with E-state index in [-0.39, 0.29) is 36.6 Å². The zero-order valence-corrected chi connectivity index (χ0v) is 20.5. The fourth-order valence-electron chi connectivity index (χ4n) is 2.99. The quantitative estimate of drug-likeness (QED) is 0.303. The second-order valence-corrected chi connectivity index (χ2v) is 8.22. The number of aliphatic imine (C=N–C) groups is 1. The van der Waals surface area contributed by atoms with Crippen molar-refractivity contribution in [2.75, 3.05) is 26.2 Å². The fraction of sp³-hybridized carbons (Fsp3) is 0.600. The van der Waals surface area contributed by atoms with E-state index in [1.54, 1.807) is 12.1 Å². The molecule has 9 heteroatoms. The molecule has 164 valence electrons. The monoisotopic (exact) mass is 538 g/mol. The molecule has 0 spiro atoms. The van der Waals surface area contributed by atoms with Crippen molar-refractivity contribution in [2.45, 2.75) is 51.9 Å². The Labute approximate surface area is 195 Å². The van der Waals surface area contributed by atoms with Crippen molar-refractivity contribution in [3.8, 4) is 0 Å². The van der Waals surface area contributed by atoms with Crippen LogP contribution in [0.25, 0.3) is 0 Å². The summed E-state index contributed by atoms with van der Waals surface area (Å²) < 4.78 is 5.32. The first-order valence-electron chi connectivity index (χ1n) is 9.65. The van der Waals surface area contributed by atoms with Gasteiger partial charge >= 0.3 is 6.09 Å². The molecule has 0 aromatic heterocycles. The maximum absolute atomic E-state index is 12.0. The normalized spacial score (nSPS) is 18.1. The molecule has 1 aromatic rings. The van der Waals surface area contributed by atoms with Gasteiger partial charge < -0.3 is 25.4 Å². The molecule has 0 bridgehead atoms. The molecule has 0 saturated carbocycles. The lowest BCUT2D eigenvalue weighted by Crippen LogP contribution is -2.44. The van der Waals surface area contributed by atoms with Gasteiger partial charge in [-0.1, -0.05) is 29.8 Å². The average Bonchev–Trinajstić information content (AvgIpc) is 3.05. The lowest BCUT2D eigenvalue weighted by atomic mass is 10.1. The second kappa shape index (κ2) is 11.8. The molecule has 1 amide bonds. The number of nitrogens with one attached hydrogen (secondary N) is 2. The number of nitrogens with zero attached hydrogens (tertiary/aromatic N) is 2. The Hall–Kier alpha value is -1.26. The average molecular weight is 539 g/mol. The highest BCUT2D eigenvalue weighted by Gasteiger charge is 2.28. The highest BCUT2D eigenvalue weighted by atomic mass is 127. The van der Waals surface area contributed by atoms with Crippen LogP contribution in [0.1, 0.15) is 45.8 Å². The van der Waals surface area contributed by atoms with Crippen LogP contribution in [-0.4, -0.2) is 59.9 Å². The third-order valence-corrected chi connectivity index (χ3v) is 4.57. The summed E-state index contributed by atoms with van der Waals surface area (Å²) in [5.41, 5.74) is 0.141. The van der Waals surface area contributed by atoms with Gasteiger partial charge in [0, 0.05) is 30.2 Å². The van der Waals surface area contributed by atoms with E-state index < -0.39 is 17.8 Å². The van der Waals surface area contributed by atoms with Crippen LogP contribution in [0.2, 0.25) is 5.02 Å². The molecule has 1 saturated heterocycles. The number of rotatable bonds is 5. The van der Waals surface area contributed by atoms with Crippen LogP contribution in [0.5, 0.6) is 0 Å². The Bertz CT molecular complexity index is 697. The number of amides is 1. The Morgan fingerprint density at radius 1 is 1.41 bits per heavy atom. The predicted molar refractivity (Wildman–Crippen MR) is 127 cm³/mol. The van der Waals surface area contributed by atoms with Gasteiger partial charge in [0.15, 0.2) is 5.96 Å². The van der Waals surface area contributed by atoms with E-state index in [0.29, 0.717) is 29.6 Å². The van der Waals surface area contributed by atoms with Crippen LogP contribution in [0, 0.1) is 0 Å². The lowest BCUT2D eigenvalue weighted by Gasteiger charge is -2.23. The van der Waals surface area contributed by atoms with E-state index in [2.05, 4.69) is 20.5 Å². The van der Waals surface area contributed by atoms with Crippen molar-refractivity contribution >= 4 is 47.6 Å². The predicted octanol–water partition coefficient (Wildman–Crippen LogP) is 3.56. The van der Waals surface area contributed by atoms with Gasteiger partial charge in [-0.2, -0.15) is 0 Å². The van der Waals surface area contributed by atoms with Crippen molar-refractivity contribution < 1.29 is 14.6 Å². The summed E-state index contributed by atoms with van der Waals surface area (Å²) in [6, 6.07) is 7.21. The summed E-state index contributed by atoms with van der Waals surface area (Å²) >= 11 is 6.15. The smallest absolute Gasteiger partial charge is 0.407 e. The Kier molecular flexibility index (Phi) is 10.5. The minimum atomic E-state index is -0.777. The molecule has 7 nitrogen and oxygen atoms in total. The van der Waals surface area contributed by atoms with E-state index >= 15 is 0 Å². The minimum absolute atomic E-state index is 0. The number of aliphatic hydroxyl groups is 1. The van der Waals surface area contributed by atoms with Gasteiger partial charge in [0.25, 0.3) is 0 Å². The number of hydrogen-bond acceptors (Lipinski definition) is 4. The van der Waals surface area contributed by atoms with E-state index in [9.17, 15) is 9.90 Å². The van der Waals surface area contributed by atoms with Gasteiger partial charge in [0.2, 0.25) is 0 Å². The summed E-state index contributed by atoms with van der Waals surface area (Å²) in [7, 11) is 0. The molecule has 0 radical (unpaired) electrons. The summed E-state index contributed by atoms with van der Waals surface area (Å²) in [4.78, 5) is 18.6. The van der Waals surface area contributed by atoms with E-state index in [1.807, 2.05) is 39.8 Å². The summed E-state index contributed by atoms with van der Waals surface area (Å²) in [6.45, 7) is 9.82. The number of ether oxygens (including phenoxy) is 1. The largest absolute Gasteiger partial charge is 0.444 e. The SMILES string of the molecule is CCNC(=NCC(O)c1ccccc1Cl)N1CCC(NC(=O)OC(C)(C)C)C1.I. The topological polar surface area (TPSA) is 86.2 Å². The summed E-state index contributed by atoms with van der Waals surface area (Å²) in [5.74, 6) is 0.710. The zero-order chi connectivity index (χ0) is 20.7. The number of hydrogen-bond donors (Lipinski definition) is 3. The van der Waals surface area contributed by atoms with Gasteiger partial charge in [-0.15, -0.1) is 24.0 Å². The first-order valence-corrected chi connectivity index (χ1v) is 10.0. The Balaban J connectivity index is 0.00000420. The molecule has 1 aromatic carbocycles. The molecular weight excluding hydrogens is 507 g/mol. The first-order chi connectivity index (χ1) is 13.2. The maximum Gasteiger partial charge on any atom is 0.407 e. The number of guanidine groups is 1. The molecule has 2 unspecified atom stereocenters. The molecule has 2 rings (SSSR count). The van der Waals surface area contributed by atoms with Crippen LogP contribution in [0.4, 0.5) is 4.79 Å². The molecular formula is C20H32ClIN4O3. The fourth-order valence-corrected chi connectivity index (χ4v) is 3.25. The van der Waals surface area contributed by atoms with Gasteiger partial charge in [0.05, 0.1) is 12.6 Å². The van der Waals surface area contributed by atoms with E-state index in [4.69, 9.17) is 16.3 Å². The van der Waals surface area contributed by atoms with Crippen molar-refractivity contribution in [3.63, 3.8) is 0 Å². The third kappa shape index (κ3) is 8.55. The highest BCUT2D eigenvalue weighted by molar-refractivity contribution is 14.0. The Morgan fingerprint density at radius 3 is 2.72 bits per heavy atom. The molecule has 3 N–H and O–H groups in total. The van der Waals surface area contributed by atoms with Crippen molar-refractivity contribution in [3.05, 3.63) is 34.9 Å². The molecule has 1 heterocycles. The molecule has 1 aliphatic heterocycles. The number of carbonyl (C=O) groups excluding carboxylic acids is 1. The van der Waals surface area contributed by atoms with Crippen molar-refractivity contribution in [1.82, 2.24) is 15.5 Å². The van der Waals surface area contributed by atoms with Crippen LogP contribution in [0.3, 0.4) is 0 Å². The summed E-state index contributed by atoms with van der Waals surface area (Å²) in [6.07, 6.45) is -0.382. The van der Waals surface area contributed by atoms with E-state index in [0.717, 1.165) is 13.0 Å². The van der Waals surface area contributed by atoms with Crippen LogP contribution >= 0.6 is 35.6 Å². The number of carbonyl (C=O) groups is 1. The molecule has 1 aliphatic rings. The number of likely N-dealkylation sites (tertiary alicyclic amines) is 1. The number of alkyl carbamates (subject to hydrolysis) is 1. The van der Waals surface area contributed by atoms with Gasteiger partial charge in [0.1, 0.15) is 11.7 Å². The Morgan fingerprint density at radius 2 is 2.10 bits per heavy atom. The lowest BCUT2D eigenvalue weighted by molar-refractivity contribution is 0.0507. The van der Waals surface area contributed by atoms with Gasteiger partial charge in [-0.05, 0) is 40.2 Å².